The molecule has 7 heteroatoms. The maximum absolute atomic E-state index is 12.6. The Morgan fingerprint density at radius 3 is 2.68 bits per heavy atom. The molecule has 2 aromatic rings. The largest absolute Gasteiger partial charge is 0.454 e. The number of fused-ring (bicyclic) bond motifs is 1. The van der Waals surface area contributed by atoms with E-state index in [0.29, 0.717) is 17.3 Å². The Labute approximate surface area is 131 Å². The summed E-state index contributed by atoms with van der Waals surface area (Å²) in [4.78, 5) is 12.6. The first-order valence-electron chi connectivity index (χ1n) is 6.88. The van der Waals surface area contributed by atoms with E-state index >= 15 is 0 Å². The number of benzene rings is 1. The van der Waals surface area contributed by atoms with Gasteiger partial charge in [-0.2, -0.15) is 0 Å². The van der Waals surface area contributed by atoms with Crippen LogP contribution in [0.2, 0.25) is 5.15 Å². The van der Waals surface area contributed by atoms with E-state index in [1.54, 1.807) is 12.1 Å². The predicted molar refractivity (Wildman–Crippen MR) is 79.1 cm³/mol. The molecule has 0 atom stereocenters. The van der Waals surface area contributed by atoms with E-state index in [2.05, 4.69) is 15.5 Å². The first kappa shape index (κ1) is 13.3. The van der Waals surface area contributed by atoms with Crippen molar-refractivity contribution in [2.45, 2.75) is 18.3 Å². The maximum Gasteiger partial charge on any atom is 0.236 e. The maximum atomic E-state index is 12.6. The van der Waals surface area contributed by atoms with Gasteiger partial charge in [0.25, 0.3) is 0 Å². The minimum atomic E-state index is -0.525. The summed E-state index contributed by atoms with van der Waals surface area (Å²) >= 11 is 5.69. The third-order valence-corrected chi connectivity index (χ3v) is 4.18. The van der Waals surface area contributed by atoms with Gasteiger partial charge in [0.05, 0.1) is 5.41 Å². The number of rotatable bonds is 3. The van der Waals surface area contributed by atoms with Crippen molar-refractivity contribution in [1.82, 2.24) is 10.2 Å². The molecule has 1 aliphatic carbocycles. The lowest BCUT2D eigenvalue weighted by molar-refractivity contribution is -0.118. The van der Waals surface area contributed by atoms with Crippen molar-refractivity contribution in [2.75, 3.05) is 12.1 Å². The summed E-state index contributed by atoms with van der Waals surface area (Å²) in [5.74, 6) is 1.69. The minimum Gasteiger partial charge on any atom is -0.454 e. The SMILES string of the molecule is O=C(Nc1ccc(Cl)nn1)C1(c2ccc3c(c2)OCO3)CC1. The number of aromatic nitrogens is 2. The monoisotopic (exact) mass is 317 g/mol. The zero-order valence-corrected chi connectivity index (χ0v) is 12.3. The van der Waals surface area contributed by atoms with E-state index in [1.807, 2.05) is 18.2 Å². The summed E-state index contributed by atoms with van der Waals surface area (Å²) in [5, 5.41) is 10.7. The van der Waals surface area contributed by atoms with E-state index in [0.717, 1.165) is 18.4 Å². The van der Waals surface area contributed by atoms with Crippen LogP contribution in [0.4, 0.5) is 5.82 Å². The molecule has 6 nitrogen and oxygen atoms in total. The molecule has 1 amide bonds. The normalized spacial score (nSPS) is 17.1. The van der Waals surface area contributed by atoms with Crippen LogP contribution in [0.3, 0.4) is 0 Å². The topological polar surface area (TPSA) is 73.3 Å². The van der Waals surface area contributed by atoms with Crippen LogP contribution in [0.1, 0.15) is 18.4 Å². The lowest BCUT2D eigenvalue weighted by Gasteiger charge is -2.15. The first-order chi connectivity index (χ1) is 10.7. The fourth-order valence-electron chi connectivity index (χ4n) is 2.58. The highest BCUT2D eigenvalue weighted by atomic mass is 35.5. The second kappa shape index (κ2) is 4.84. The molecule has 4 rings (SSSR count). The summed E-state index contributed by atoms with van der Waals surface area (Å²) in [6, 6.07) is 8.84. The Hall–Kier alpha value is -2.34. The van der Waals surface area contributed by atoms with E-state index in [1.165, 1.54) is 0 Å². The minimum absolute atomic E-state index is 0.0945. The quantitative estimate of drug-likeness (QED) is 0.941. The Morgan fingerprint density at radius 2 is 1.95 bits per heavy atom. The lowest BCUT2D eigenvalue weighted by Crippen LogP contribution is -2.28. The molecule has 0 unspecified atom stereocenters. The number of hydrogen-bond acceptors (Lipinski definition) is 5. The zero-order valence-electron chi connectivity index (χ0n) is 11.5. The van der Waals surface area contributed by atoms with Crippen molar-refractivity contribution in [3.63, 3.8) is 0 Å². The van der Waals surface area contributed by atoms with Crippen molar-refractivity contribution >= 4 is 23.3 Å². The number of anilines is 1. The molecule has 112 valence electrons. The first-order valence-corrected chi connectivity index (χ1v) is 7.26. The van der Waals surface area contributed by atoms with Crippen LogP contribution in [0.25, 0.3) is 0 Å². The number of carbonyl (C=O) groups excluding carboxylic acids is 1. The van der Waals surface area contributed by atoms with Gasteiger partial charge in [-0.15, -0.1) is 10.2 Å². The van der Waals surface area contributed by atoms with Gasteiger partial charge in [-0.1, -0.05) is 17.7 Å². The number of carbonyl (C=O) groups is 1. The van der Waals surface area contributed by atoms with E-state index < -0.39 is 5.41 Å². The standard InChI is InChI=1S/C15H12ClN3O3/c16-12-3-4-13(19-18-12)17-14(20)15(5-6-15)9-1-2-10-11(7-9)22-8-21-10/h1-4,7H,5-6,8H2,(H,17,19,20). The van der Waals surface area contributed by atoms with E-state index in [-0.39, 0.29) is 17.9 Å². The summed E-state index contributed by atoms with van der Waals surface area (Å²) in [6.07, 6.45) is 1.58. The molecule has 2 aliphatic rings. The van der Waals surface area contributed by atoms with Gasteiger partial charge in [0, 0.05) is 0 Å². The smallest absolute Gasteiger partial charge is 0.236 e. The van der Waals surface area contributed by atoms with Crippen LogP contribution < -0.4 is 14.8 Å². The third-order valence-electron chi connectivity index (χ3n) is 3.98. The molecule has 1 aromatic carbocycles. The molecule has 2 heterocycles. The van der Waals surface area contributed by atoms with Crippen molar-refractivity contribution < 1.29 is 14.3 Å². The third kappa shape index (κ3) is 2.16. The number of nitrogens with zero attached hydrogens (tertiary/aromatic N) is 2. The van der Waals surface area contributed by atoms with Gasteiger partial charge in [-0.25, -0.2) is 0 Å². The number of halogens is 1. The average Bonchev–Trinajstić information content (AvgIpc) is 3.21. The number of hydrogen-bond donors (Lipinski definition) is 1. The van der Waals surface area contributed by atoms with E-state index in [4.69, 9.17) is 21.1 Å². The number of ether oxygens (including phenoxy) is 2. The Kier molecular flexibility index (Phi) is 2.94. The second-order valence-corrected chi connectivity index (χ2v) is 5.73. The van der Waals surface area contributed by atoms with Gasteiger partial charge in [0.15, 0.2) is 22.5 Å². The van der Waals surface area contributed by atoms with Crippen LogP contribution in [0.15, 0.2) is 30.3 Å². The molecule has 0 spiro atoms. The number of nitrogens with one attached hydrogen (secondary N) is 1. The molecule has 1 saturated carbocycles. The molecule has 0 bridgehead atoms. The highest BCUT2D eigenvalue weighted by Gasteiger charge is 2.51. The molecule has 1 aliphatic heterocycles. The van der Waals surface area contributed by atoms with Crippen LogP contribution in [0.5, 0.6) is 11.5 Å². The average molecular weight is 318 g/mol. The summed E-state index contributed by atoms with van der Waals surface area (Å²) in [6.45, 7) is 0.221. The molecule has 1 fully saturated rings. The number of amides is 1. The fourth-order valence-corrected chi connectivity index (χ4v) is 2.69. The second-order valence-electron chi connectivity index (χ2n) is 5.35. The Bertz CT molecular complexity index is 744. The molecular weight excluding hydrogens is 306 g/mol. The Balaban J connectivity index is 1.58. The van der Waals surface area contributed by atoms with Gasteiger partial charge in [0.1, 0.15) is 0 Å². The van der Waals surface area contributed by atoms with Gasteiger partial charge in [0.2, 0.25) is 12.7 Å². The van der Waals surface area contributed by atoms with Gasteiger partial charge < -0.3 is 14.8 Å². The van der Waals surface area contributed by atoms with Crippen molar-refractivity contribution in [2.24, 2.45) is 0 Å². The molecular formula is C15H12ClN3O3. The van der Waals surface area contributed by atoms with Crippen LogP contribution in [-0.2, 0) is 10.2 Å². The van der Waals surface area contributed by atoms with Gasteiger partial charge in [-0.3, -0.25) is 4.79 Å². The molecule has 22 heavy (non-hydrogen) atoms. The van der Waals surface area contributed by atoms with Gasteiger partial charge in [-0.05, 0) is 42.7 Å². The highest BCUT2D eigenvalue weighted by Crippen LogP contribution is 2.51. The molecule has 0 radical (unpaired) electrons. The predicted octanol–water partition coefficient (Wildman–Crippen LogP) is 2.53. The molecule has 1 aromatic heterocycles. The summed E-state index contributed by atoms with van der Waals surface area (Å²) in [7, 11) is 0. The fraction of sp³-hybridized carbons (Fsp3) is 0.267. The van der Waals surface area contributed by atoms with Crippen LogP contribution in [0, 0.1) is 0 Å². The van der Waals surface area contributed by atoms with Crippen LogP contribution in [-0.4, -0.2) is 22.9 Å². The van der Waals surface area contributed by atoms with Crippen molar-refractivity contribution in [3.8, 4) is 11.5 Å². The zero-order chi connectivity index (χ0) is 15.2. The summed E-state index contributed by atoms with van der Waals surface area (Å²) < 4.78 is 10.7. The highest BCUT2D eigenvalue weighted by molar-refractivity contribution is 6.29. The van der Waals surface area contributed by atoms with Crippen molar-refractivity contribution in [3.05, 3.63) is 41.0 Å². The van der Waals surface area contributed by atoms with E-state index in [9.17, 15) is 4.79 Å². The summed E-state index contributed by atoms with van der Waals surface area (Å²) in [5.41, 5.74) is 0.402. The molecule has 1 N–H and O–H groups in total. The Morgan fingerprint density at radius 1 is 1.14 bits per heavy atom. The lowest BCUT2D eigenvalue weighted by atomic mass is 9.94. The van der Waals surface area contributed by atoms with Gasteiger partial charge >= 0.3 is 0 Å². The van der Waals surface area contributed by atoms with Crippen LogP contribution >= 0.6 is 11.6 Å². The van der Waals surface area contributed by atoms with Crippen molar-refractivity contribution in [1.29, 1.82) is 0 Å². The molecule has 0 saturated heterocycles.